The van der Waals surface area contributed by atoms with E-state index in [-0.39, 0.29) is 5.92 Å². The van der Waals surface area contributed by atoms with Gasteiger partial charge in [0.1, 0.15) is 0 Å². The maximum atomic E-state index is 13.0. The third kappa shape index (κ3) is 5.67. The molecule has 1 aromatic carbocycles. The number of aromatic nitrogens is 1. The van der Waals surface area contributed by atoms with Gasteiger partial charge in [0, 0.05) is 30.9 Å². The molecule has 1 amide bonds. The topological polar surface area (TPSA) is 36.4 Å². The van der Waals surface area contributed by atoms with Crippen LogP contribution in [0.3, 0.4) is 0 Å². The van der Waals surface area contributed by atoms with Crippen LogP contribution in [0.2, 0.25) is 0 Å². The number of hydrogen-bond acceptors (Lipinski definition) is 4. The Morgan fingerprint density at radius 1 is 1.07 bits per heavy atom. The molecule has 0 N–H and O–H groups in total. The number of rotatable bonds is 6. The number of benzene rings is 1. The lowest BCUT2D eigenvalue weighted by Crippen LogP contribution is -2.45. The molecule has 4 nitrogen and oxygen atoms in total. The summed E-state index contributed by atoms with van der Waals surface area (Å²) < 4.78 is 0. The predicted molar refractivity (Wildman–Crippen MR) is 119 cm³/mol. The van der Waals surface area contributed by atoms with Crippen molar-refractivity contribution < 1.29 is 4.79 Å². The molecule has 2 aliphatic rings. The minimum atomic E-state index is 0.226. The lowest BCUT2D eigenvalue weighted by Gasteiger charge is -2.37. The molecule has 3 heterocycles. The average Bonchev–Trinajstić information content (AvgIpc) is 3.18. The van der Waals surface area contributed by atoms with Crippen LogP contribution in [0.1, 0.15) is 48.4 Å². The van der Waals surface area contributed by atoms with Crippen molar-refractivity contribution in [3.8, 4) is 0 Å². The van der Waals surface area contributed by atoms with Crippen LogP contribution >= 0.6 is 11.3 Å². The van der Waals surface area contributed by atoms with Crippen LogP contribution in [0.25, 0.3) is 0 Å². The average molecular weight is 412 g/mol. The van der Waals surface area contributed by atoms with Gasteiger partial charge in [-0.1, -0.05) is 30.3 Å². The second-order valence-corrected chi connectivity index (χ2v) is 9.76. The Bertz CT molecular complexity index is 774. The van der Waals surface area contributed by atoms with E-state index in [1.165, 1.54) is 30.5 Å². The molecule has 0 unspecified atom stereocenters. The summed E-state index contributed by atoms with van der Waals surface area (Å²) in [5.74, 6) is 1.41. The van der Waals surface area contributed by atoms with Crippen molar-refractivity contribution in [2.24, 2.45) is 11.8 Å². The van der Waals surface area contributed by atoms with Crippen LogP contribution < -0.4 is 0 Å². The van der Waals surface area contributed by atoms with Crippen LogP contribution in [-0.4, -0.2) is 46.9 Å². The number of amides is 1. The normalized spacial score (nSPS) is 19.6. The van der Waals surface area contributed by atoms with Crippen molar-refractivity contribution in [2.45, 2.75) is 52.0 Å². The third-order valence-corrected chi connectivity index (χ3v) is 7.42. The van der Waals surface area contributed by atoms with E-state index in [1.807, 2.05) is 0 Å². The first-order valence-electron chi connectivity index (χ1n) is 11.1. The molecule has 4 rings (SSSR count). The van der Waals surface area contributed by atoms with Crippen molar-refractivity contribution >= 4 is 17.2 Å². The molecule has 0 spiro atoms. The minimum Gasteiger partial charge on any atom is -0.342 e. The van der Waals surface area contributed by atoms with Gasteiger partial charge in [-0.3, -0.25) is 9.69 Å². The van der Waals surface area contributed by atoms with Gasteiger partial charge in [0.2, 0.25) is 5.91 Å². The highest BCUT2D eigenvalue weighted by molar-refractivity contribution is 7.09. The van der Waals surface area contributed by atoms with Gasteiger partial charge < -0.3 is 4.90 Å². The molecule has 1 aromatic heterocycles. The first-order chi connectivity index (χ1) is 14.2. The van der Waals surface area contributed by atoms with Crippen LogP contribution in [-0.2, 0) is 17.8 Å². The van der Waals surface area contributed by atoms with Gasteiger partial charge in [-0.15, -0.1) is 11.3 Å². The van der Waals surface area contributed by atoms with Crippen molar-refractivity contribution in [1.82, 2.24) is 14.8 Å². The van der Waals surface area contributed by atoms with E-state index in [2.05, 4.69) is 57.4 Å². The lowest BCUT2D eigenvalue weighted by molar-refractivity contribution is -0.138. The SMILES string of the molecule is Cc1nc(CN2CCC(C(=O)N3CCC(CCc4ccccc4)CC3)CC2)cs1. The fourth-order valence-electron chi connectivity index (χ4n) is 4.76. The molecule has 0 aliphatic carbocycles. The molecule has 0 radical (unpaired) electrons. The van der Waals surface area contributed by atoms with Gasteiger partial charge in [-0.05, 0) is 70.0 Å². The summed E-state index contributed by atoms with van der Waals surface area (Å²) in [5.41, 5.74) is 2.61. The van der Waals surface area contributed by atoms with E-state index in [1.54, 1.807) is 11.3 Å². The molecular weight excluding hydrogens is 378 g/mol. The van der Waals surface area contributed by atoms with Crippen molar-refractivity contribution in [3.05, 3.63) is 52.0 Å². The Balaban J connectivity index is 1.17. The molecular formula is C24H33N3OS. The zero-order chi connectivity index (χ0) is 20.1. The molecule has 0 saturated carbocycles. The maximum absolute atomic E-state index is 13.0. The molecule has 2 aromatic rings. The smallest absolute Gasteiger partial charge is 0.225 e. The summed E-state index contributed by atoms with van der Waals surface area (Å²) in [6.45, 7) is 6.93. The largest absolute Gasteiger partial charge is 0.342 e. The Morgan fingerprint density at radius 2 is 1.79 bits per heavy atom. The molecule has 29 heavy (non-hydrogen) atoms. The van der Waals surface area contributed by atoms with E-state index < -0.39 is 0 Å². The summed E-state index contributed by atoms with van der Waals surface area (Å²) in [6.07, 6.45) is 6.74. The number of carbonyl (C=O) groups excluding carboxylic acids is 1. The number of aryl methyl sites for hydroxylation is 2. The predicted octanol–water partition coefficient (Wildman–Crippen LogP) is 4.53. The third-order valence-electron chi connectivity index (χ3n) is 6.60. The Hall–Kier alpha value is -1.72. The molecule has 0 bridgehead atoms. The molecule has 2 saturated heterocycles. The minimum absolute atomic E-state index is 0.226. The van der Waals surface area contributed by atoms with E-state index >= 15 is 0 Å². The summed E-state index contributed by atoms with van der Waals surface area (Å²) in [6, 6.07) is 10.8. The quantitative estimate of drug-likeness (QED) is 0.700. The Labute approximate surface area is 178 Å². The van der Waals surface area contributed by atoms with Crippen LogP contribution in [0, 0.1) is 18.8 Å². The van der Waals surface area contributed by atoms with Gasteiger partial charge in [-0.25, -0.2) is 4.98 Å². The lowest BCUT2D eigenvalue weighted by atomic mass is 9.89. The van der Waals surface area contributed by atoms with Crippen molar-refractivity contribution in [3.63, 3.8) is 0 Å². The summed E-state index contributed by atoms with van der Waals surface area (Å²) in [5, 5.41) is 3.30. The van der Waals surface area contributed by atoms with Crippen molar-refractivity contribution in [2.75, 3.05) is 26.2 Å². The zero-order valence-electron chi connectivity index (χ0n) is 17.6. The highest BCUT2D eigenvalue weighted by Crippen LogP contribution is 2.26. The van der Waals surface area contributed by atoms with E-state index in [0.29, 0.717) is 5.91 Å². The van der Waals surface area contributed by atoms with Gasteiger partial charge >= 0.3 is 0 Å². The molecule has 2 aliphatic heterocycles. The monoisotopic (exact) mass is 411 g/mol. The molecule has 156 valence electrons. The molecule has 5 heteroatoms. The van der Waals surface area contributed by atoms with E-state index in [9.17, 15) is 4.79 Å². The van der Waals surface area contributed by atoms with Crippen molar-refractivity contribution in [1.29, 1.82) is 0 Å². The fraction of sp³-hybridized carbons (Fsp3) is 0.583. The van der Waals surface area contributed by atoms with Gasteiger partial charge in [0.25, 0.3) is 0 Å². The number of piperidine rings is 2. The van der Waals surface area contributed by atoms with Crippen LogP contribution in [0.4, 0.5) is 0 Å². The Kier molecular flexibility index (Phi) is 6.98. The van der Waals surface area contributed by atoms with Gasteiger partial charge in [-0.2, -0.15) is 0 Å². The standard InChI is InChI=1S/C24H33N3OS/c1-19-25-23(18-29-19)17-26-13-11-22(12-14-26)24(28)27-15-9-21(10-16-27)8-7-20-5-3-2-4-6-20/h2-6,18,21-22H,7-17H2,1H3. The summed E-state index contributed by atoms with van der Waals surface area (Å²) in [7, 11) is 0. The summed E-state index contributed by atoms with van der Waals surface area (Å²) in [4.78, 5) is 22.2. The fourth-order valence-corrected chi connectivity index (χ4v) is 5.37. The highest BCUT2D eigenvalue weighted by Gasteiger charge is 2.30. The van der Waals surface area contributed by atoms with Gasteiger partial charge in [0.05, 0.1) is 10.7 Å². The molecule has 0 atom stereocenters. The maximum Gasteiger partial charge on any atom is 0.225 e. The van der Waals surface area contributed by atoms with Gasteiger partial charge in [0.15, 0.2) is 0 Å². The number of carbonyl (C=O) groups is 1. The number of likely N-dealkylation sites (tertiary alicyclic amines) is 2. The summed E-state index contributed by atoms with van der Waals surface area (Å²) >= 11 is 1.72. The number of thiazole rings is 1. The highest BCUT2D eigenvalue weighted by atomic mass is 32.1. The van der Waals surface area contributed by atoms with Crippen LogP contribution in [0.5, 0.6) is 0 Å². The second kappa shape index (κ2) is 9.86. The number of nitrogens with zero attached hydrogens (tertiary/aromatic N) is 3. The zero-order valence-corrected chi connectivity index (χ0v) is 18.4. The first-order valence-corrected chi connectivity index (χ1v) is 12.0. The van der Waals surface area contributed by atoms with E-state index in [4.69, 9.17) is 0 Å². The second-order valence-electron chi connectivity index (χ2n) is 8.70. The Morgan fingerprint density at radius 3 is 2.45 bits per heavy atom. The molecule has 2 fully saturated rings. The van der Waals surface area contributed by atoms with Crippen LogP contribution in [0.15, 0.2) is 35.7 Å². The van der Waals surface area contributed by atoms with E-state index in [0.717, 1.165) is 62.9 Å². The number of hydrogen-bond donors (Lipinski definition) is 0. The first kappa shape index (κ1) is 20.5.